The van der Waals surface area contributed by atoms with Crippen molar-refractivity contribution in [1.29, 1.82) is 0 Å². The van der Waals surface area contributed by atoms with Crippen molar-refractivity contribution < 1.29 is 4.92 Å². The van der Waals surface area contributed by atoms with Gasteiger partial charge in [-0.15, -0.1) is 0 Å². The zero-order valence-corrected chi connectivity index (χ0v) is 14.0. The molecule has 1 saturated heterocycles. The Morgan fingerprint density at radius 1 is 0.962 bits per heavy atom. The van der Waals surface area contributed by atoms with Crippen LogP contribution in [0.25, 0.3) is 5.82 Å². The van der Waals surface area contributed by atoms with E-state index in [0.29, 0.717) is 37.7 Å². The van der Waals surface area contributed by atoms with Crippen molar-refractivity contribution in [2.45, 2.75) is 0 Å². The van der Waals surface area contributed by atoms with Gasteiger partial charge in [0.05, 0.1) is 17.3 Å². The van der Waals surface area contributed by atoms with Gasteiger partial charge >= 0.3 is 0 Å². The molecule has 3 heterocycles. The van der Waals surface area contributed by atoms with Gasteiger partial charge in [0.25, 0.3) is 5.69 Å². The first-order valence-corrected chi connectivity index (χ1v) is 8.28. The molecule has 1 aliphatic heterocycles. The minimum absolute atomic E-state index is 0.140. The average molecular weight is 351 g/mol. The predicted octanol–water partition coefficient (Wildman–Crippen LogP) is 1.90. The van der Waals surface area contributed by atoms with Crippen molar-refractivity contribution in [2.75, 3.05) is 36.0 Å². The van der Waals surface area contributed by atoms with Crippen LogP contribution in [-0.4, -0.2) is 50.9 Å². The van der Waals surface area contributed by atoms with Crippen LogP contribution in [-0.2, 0) is 0 Å². The van der Waals surface area contributed by atoms with E-state index in [9.17, 15) is 10.1 Å². The number of nitro groups is 1. The minimum Gasteiger partial charge on any atom is -0.362 e. The molecule has 2 aromatic heterocycles. The summed E-state index contributed by atoms with van der Waals surface area (Å²) in [6.07, 6.45) is 6.91. The quantitative estimate of drug-likeness (QED) is 0.523. The Morgan fingerprint density at radius 2 is 1.69 bits per heavy atom. The fraction of sp³-hybridized carbons (Fsp3) is 0.235. The van der Waals surface area contributed by atoms with Crippen LogP contribution in [0.1, 0.15) is 0 Å². The number of anilines is 2. The van der Waals surface area contributed by atoms with Gasteiger partial charge < -0.3 is 9.80 Å². The Bertz CT molecular complexity index is 905. The zero-order valence-electron chi connectivity index (χ0n) is 14.0. The maximum Gasteiger partial charge on any atom is 0.292 e. The largest absolute Gasteiger partial charge is 0.362 e. The summed E-state index contributed by atoms with van der Waals surface area (Å²) in [5.74, 6) is 1.44. The van der Waals surface area contributed by atoms with Crippen LogP contribution in [0.4, 0.5) is 17.2 Å². The second-order valence-corrected chi connectivity index (χ2v) is 5.91. The van der Waals surface area contributed by atoms with Gasteiger partial charge in [0, 0.05) is 44.6 Å². The molecular formula is C17H17N7O2. The molecule has 132 valence electrons. The first kappa shape index (κ1) is 16.0. The van der Waals surface area contributed by atoms with E-state index in [2.05, 4.69) is 20.0 Å². The molecule has 0 saturated carbocycles. The maximum atomic E-state index is 11.2. The molecule has 0 N–H and O–H groups in total. The van der Waals surface area contributed by atoms with Gasteiger partial charge in [-0.1, -0.05) is 12.1 Å². The summed E-state index contributed by atoms with van der Waals surface area (Å²) in [5, 5.41) is 15.4. The van der Waals surface area contributed by atoms with E-state index in [1.807, 2.05) is 23.2 Å². The normalized spacial score (nSPS) is 14.5. The highest BCUT2D eigenvalue weighted by molar-refractivity contribution is 5.63. The van der Waals surface area contributed by atoms with Crippen molar-refractivity contribution >= 4 is 17.2 Å². The number of para-hydroxylation sites is 2. The van der Waals surface area contributed by atoms with Crippen LogP contribution in [0.2, 0.25) is 0 Å². The highest BCUT2D eigenvalue weighted by Crippen LogP contribution is 2.28. The SMILES string of the molecule is O=[N+]([O-])c1ccccc1N1CCN(c2cncc(-n3cccn3)n2)CC1. The third-order valence-corrected chi connectivity index (χ3v) is 4.37. The van der Waals surface area contributed by atoms with Gasteiger partial charge in [0.2, 0.25) is 0 Å². The second-order valence-electron chi connectivity index (χ2n) is 5.91. The number of nitro benzene ring substituents is 1. The summed E-state index contributed by atoms with van der Waals surface area (Å²) < 4.78 is 1.67. The molecule has 3 aromatic rings. The molecule has 4 rings (SSSR count). The van der Waals surface area contributed by atoms with Gasteiger partial charge in [0.15, 0.2) is 5.82 Å². The lowest BCUT2D eigenvalue weighted by Crippen LogP contribution is -2.47. The van der Waals surface area contributed by atoms with Crippen LogP contribution in [0.3, 0.4) is 0 Å². The Balaban J connectivity index is 1.49. The number of benzene rings is 1. The van der Waals surface area contributed by atoms with E-state index >= 15 is 0 Å². The summed E-state index contributed by atoms with van der Waals surface area (Å²) in [6.45, 7) is 2.78. The molecule has 9 nitrogen and oxygen atoms in total. The molecule has 9 heteroatoms. The van der Waals surface area contributed by atoms with Crippen LogP contribution in [0, 0.1) is 10.1 Å². The zero-order chi connectivity index (χ0) is 17.9. The summed E-state index contributed by atoms with van der Waals surface area (Å²) >= 11 is 0. The van der Waals surface area contributed by atoms with Crippen LogP contribution < -0.4 is 9.80 Å². The van der Waals surface area contributed by atoms with Gasteiger partial charge in [-0.25, -0.2) is 9.67 Å². The van der Waals surface area contributed by atoms with Crippen LogP contribution >= 0.6 is 0 Å². The Hall–Kier alpha value is -3.49. The van der Waals surface area contributed by atoms with Crippen molar-refractivity contribution in [3.8, 4) is 5.82 Å². The van der Waals surface area contributed by atoms with E-state index in [0.717, 1.165) is 5.82 Å². The Kier molecular flexibility index (Phi) is 4.18. The van der Waals surface area contributed by atoms with Gasteiger partial charge in [-0.3, -0.25) is 15.1 Å². The molecule has 1 aromatic carbocycles. The highest BCUT2D eigenvalue weighted by atomic mass is 16.6. The van der Waals surface area contributed by atoms with Gasteiger partial charge in [0.1, 0.15) is 11.5 Å². The fourth-order valence-corrected chi connectivity index (χ4v) is 3.08. The number of rotatable bonds is 4. The number of aromatic nitrogens is 4. The van der Waals surface area contributed by atoms with Crippen LogP contribution in [0.5, 0.6) is 0 Å². The molecule has 0 atom stereocenters. The maximum absolute atomic E-state index is 11.2. The average Bonchev–Trinajstić information content (AvgIpc) is 3.23. The summed E-state index contributed by atoms with van der Waals surface area (Å²) in [7, 11) is 0. The van der Waals surface area contributed by atoms with E-state index in [-0.39, 0.29) is 10.6 Å². The molecule has 1 aliphatic rings. The van der Waals surface area contributed by atoms with E-state index in [1.54, 1.807) is 41.5 Å². The van der Waals surface area contributed by atoms with Crippen molar-refractivity contribution in [3.05, 3.63) is 65.2 Å². The van der Waals surface area contributed by atoms with Crippen molar-refractivity contribution in [2.24, 2.45) is 0 Å². The minimum atomic E-state index is -0.333. The van der Waals surface area contributed by atoms with Crippen LogP contribution in [0.15, 0.2) is 55.1 Å². The second kappa shape index (κ2) is 6.79. The lowest BCUT2D eigenvalue weighted by atomic mass is 10.2. The summed E-state index contributed by atoms with van der Waals surface area (Å²) in [6, 6.07) is 8.69. The predicted molar refractivity (Wildman–Crippen MR) is 96.7 cm³/mol. The Labute approximate surface area is 149 Å². The molecule has 0 bridgehead atoms. The summed E-state index contributed by atoms with van der Waals surface area (Å²) in [4.78, 5) is 24.0. The smallest absolute Gasteiger partial charge is 0.292 e. The first-order valence-electron chi connectivity index (χ1n) is 8.28. The molecule has 0 amide bonds. The lowest BCUT2D eigenvalue weighted by Gasteiger charge is -2.36. The van der Waals surface area contributed by atoms with E-state index in [4.69, 9.17) is 0 Å². The highest BCUT2D eigenvalue weighted by Gasteiger charge is 2.24. The Morgan fingerprint density at radius 3 is 2.42 bits per heavy atom. The summed E-state index contributed by atoms with van der Waals surface area (Å²) in [5.41, 5.74) is 0.801. The number of piperazine rings is 1. The van der Waals surface area contributed by atoms with E-state index < -0.39 is 0 Å². The molecule has 0 radical (unpaired) electrons. The van der Waals surface area contributed by atoms with E-state index in [1.165, 1.54) is 0 Å². The van der Waals surface area contributed by atoms with Crippen molar-refractivity contribution in [3.63, 3.8) is 0 Å². The third-order valence-electron chi connectivity index (χ3n) is 4.37. The van der Waals surface area contributed by atoms with Gasteiger partial charge in [-0.2, -0.15) is 5.10 Å². The molecule has 26 heavy (non-hydrogen) atoms. The van der Waals surface area contributed by atoms with Crippen molar-refractivity contribution in [1.82, 2.24) is 19.7 Å². The standard InChI is InChI=1S/C17H17N7O2/c25-24(26)15-5-2-1-4-14(15)21-8-10-22(11-9-21)16-12-18-13-17(20-16)23-7-3-6-19-23/h1-7,12-13H,8-11H2. The first-order chi connectivity index (χ1) is 12.7. The number of nitrogens with zero attached hydrogens (tertiary/aromatic N) is 7. The molecule has 1 fully saturated rings. The molecule has 0 aliphatic carbocycles. The molecule has 0 unspecified atom stereocenters. The number of hydrogen-bond donors (Lipinski definition) is 0. The number of hydrogen-bond acceptors (Lipinski definition) is 7. The fourth-order valence-electron chi connectivity index (χ4n) is 3.08. The lowest BCUT2D eigenvalue weighted by molar-refractivity contribution is -0.384. The molecule has 0 spiro atoms. The van der Waals surface area contributed by atoms with Gasteiger partial charge in [-0.05, 0) is 12.1 Å². The third kappa shape index (κ3) is 3.06. The monoisotopic (exact) mass is 351 g/mol. The topological polar surface area (TPSA) is 93.2 Å². The molecular weight excluding hydrogens is 334 g/mol.